The fourth-order valence-electron chi connectivity index (χ4n) is 3.97. The fraction of sp³-hybridized carbons (Fsp3) is 0.115. The number of carbonyl (C=O) groups is 1. The molecule has 1 aliphatic rings. The molecular weight excluding hydrogens is 554 g/mol. The Bertz CT molecular complexity index is 1690. The molecule has 0 saturated carbocycles. The van der Waals surface area contributed by atoms with E-state index in [-0.39, 0.29) is 33.6 Å². The summed E-state index contributed by atoms with van der Waals surface area (Å²) in [5.41, 5.74) is 2.11. The lowest BCUT2D eigenvalue weighted by atomic mass is 10.1. The van der Waals surface area contributed by atoms with Crippen molar-refractivity contribution >= 4 is 50.7 Å². The minimum Gasteiger partial charge on any atom is -0.325 e. The summed E-state index contributed by atoms with van der Waals surface area (Å²) in [5.74, 6) is -1.50. The number of nitrogens with zero attached hydrogens (tertiary/aromatic N) is 3. The van der Waals surface area contributed by atoms with Gasteiger partial charge in [0.15, 0.2) is 5.16 Å². The Morgan fingerprint density at radius 1 is 1.11 bits per heavy atom. The molecule has 194 valence electrons. The molecule has 0 saturated heterocycles. The van der Waals surface area contributed by atoms with E-state index in [0.29, 0.717) is 27.5 Å². The van der Waals surface area contributed by atoms with Crippen molar-refractivity contribution in [3.05, 3.63) is 94.6 Å². The number of halogens is 3. The van der Waals surface area contributed by atoms with Crippen LogP contribution in [-0.2, 0) is 21.4 Å². The van der Waals surface area contributed by atoms with Crippen LogP contribution in [0, 0.1) is 18.6 Å². The maximum absolute atomic E-state index is 14.4. The van der Waals surface area contributed by atoms with Crippen molar-refractivity contribution < 1.29 is 22.0 Å². The summed E-state index contributed by atoms with van der Waals surface area (Å²) in [6, 6.07) is 14.7. The molecule has 0 fully saturated rings. The second kappa shape index (κ2) is 10.3. The average Bonchev–Trinajstić information content (AvgIpc) is 2.88. The molecule has 0 spiro atoms. The average molecular weight is 573 g/mol. The van der Waals surface area contributed by atoms with E-state index in [9.17, 15) is 22.0 Å². The van der Waals surface area contributed by atoms with Gasteiger partial charge in [-0.2, -0.15) is 0 Å². The molecule has 7 nitrogen and oxygen atoms in total. The minimum atomic E-state index is -4.15. The second-order valence-electron chi connectivity index (χ2n) is 8.43. The number of hydrogen-bond donors (Lipinski definition) is 1. The zero-order valence-electron chi connectivity index (χ0n) is 19.8. The molecule has 2 heterocycles. The molecule has 1 amide bonds. The van der Waals surface area contributed by atoms with Crippen molar-refractivity contribution in [2.24, 2.45) is 0 Å². The summed E-state index contributed by atoms with van der Waals surface area (Å²) >= 11 is 7.23. The Hall–Kier alpha value is -3.54. The molecule has 3 aromatic carbocycles. The number of aryl methyl sites for hydroxylation is 1. The second-order valence-corrected chi connectivity index (χ2v) is 11.6. The Morgan fingerprint density at radius 3 is 2.68 bits per heavy atom. The number of amides is 1. The van der Waals surface area contributed by atoms with E-state index < -0.39 is 27.6 Å². The predicted molar refractivity (Wildman–Crippen MR) is 143 cm³/mol. The summed E-state index contributed by atoms with van der Waals surface area (Å²) < 4.78 is 56.2. The Labute approximate surface area is 226 Å². The van der Waals surface area contributed by atoms with Crippen LogP contribution in [0.15, 0.2) is 76.9 Å². The van der Waals surface area contributed by atoms with E-state index in [2.05, 4.69) is 15.3 Å². The van der Waals surface area contributed by atoms with Crippen LogP contribution in [0.1, 0.15) is 11.1 Å². The summed E-state index contributed by atoms with van der Waals surface area (Å²) in [7, 11) is -4.15. The highest BCUT2D eigenvalue weighted by atomic mass is 35.5. The van der Waals surface area contributed by atoms with Crippen LogP contribution in [-0.4, -0.2) is 30.0 Å². The number of carbonyl (C=O) groups excluding carboxylic acids is 1. The monoisotopic (exact) mass is 572 g/mol. The predicted octanol–water partition coefficient (Wildman–Crippen LogP) is 5.82. The molecule has 5 rings (SSSR count). The number of rotatable bonds is 6. The van der Waals surface area contributed by atoms with Crippen LogP contribution in [0.2, 0.25) is 5.02 Å². The molecule has 0 bridgehead atoms. The highest BCUT2D eigenvalue weighted by Crippen LogP contribution is 2.44. The number of nitrogens with one attached hydrogen (secondary N) is 1. The number of aromatic nitrogens is 2. The third kappa shape index (κ3) is 5.09. The Morgan fingerprint density at radius 2 is 1.89 bits per heavy atom. The minimum absolute atomic E-state index is 0.0939. The molecule has 38 heavy (non-hydrogen) atoms. The van der Waals surface area contributed by atoms with Crippen LogP contribution in [0.25, 0.3) is 11.3 Å². The zero-order chi connectivity index (χ0) is 27.0. The number of anilines is 2. The summed E-state index contributed by atoms with van der Waals surface area (Å²) in [4.78, 5) is 20.9. The van der Waals surface area contributed by atoms with E-state index in [1.165, 1.54) is 36.5 Å². The number of benzene rings is 3. The number of fused-ring (bicyclic) bond motifs is 3. The first-order valence-corrected chi connectivity index (χ1v) is 14.1. The van der Waals surface area contributed by atoms with Gasteiger partial charge in [-0.25, -0.2) is 27.2 Å². The quantitative estimate of drug-likeness (QED) is 0.231. The molecule has 12 heteroatoms. The van der Waals surface area contributed by atoms with Crippen LogP contribution < -0.4 is 9.62 Å². The lowest BCUT2D eigenvalue weighted by Gasteiger charge is -2.31. The highest BCUT2D eigenvalue weighted by Gasteiger charge is 2.37. The van der Waals surface area contributed by atoms with Crippen molar-refractivity contribution in [2.75, 3.05) is 15.4 Å². The van der Waals surface area contributed by atoms with Crippen LogP contribution in [0.3, 0.4) is 0 Å². The molecule has 1 aromatic heterocycles. The molecule has 0 unspecified atom stereocenters. The maximum Gasteiger partial charge on any atom is 0.268 e. The van der Waals surface area contributed by atoms with E-state index in [1.54, 1.807) is 37.3 Å². The zero-order valence-corrected chi connectivity index (χ0v) is 22.2. The molecule has 1 aliphatic heterocycles. The Balaban J connectivity index is 1.44. The number of sulfonamides is 1. The summed E-state index contributed by atoms with van der Waals surface area (Å²) in [5, 5.41) is 3.17. The molecule has 0 aliphatic carbocycles. The van der Waals surface area contributed by atoms with Crippen molar-refractivity contribution in [2.45, 2.75) is 23.5 Å². The normalized spacial score (nSPS) is 13.5. The van der Waals surface area contributed by atoms with Crippen LogP contribution in [0.4, 0.5) is 20.2 Å². The van der Waals surface area contributed by atoms with E-state index in [0.717, 1.165) is 16.1 Å². The van der Waals surface area contributed by atoms with Gasteiger partial charge in [0.2, 0.25) is 5.91 Å². The van der Waals surface area contributed by atoms with Gasteiger partial charge in [-0.15, -0.1) is 0 Å². The van der Waals surface area contributed by atoms with Gasteiger partial charge in [0, 0.05) is 21.8 Å². The number of thioether (sulfide) groups is 1. The van der Waals surface area contributed by atoms with E-state index in [4.69, 9.17) is 11.6 Å². The van der Waals surface area contributed by atoms with Gasteiger partial charge in [-0.05, 0) is 48.9 Å². The fourth-order valence-corrected chi connectivity index (χ4v) is 6.30. The SMILES string of the molecule is Cc1ccc(F)cc1NC(=O)CSc1ncc2c(n1)-c1cc(Cl)ccc1N(Cc1ccccc1F)S2(=O)=O. The smallest absolute Gasteiger partial charge is 0.268 e. The van der Waals surface area contributed by atoms with Crippen molar-refractivity contribution in [1.82, 2.24) is 9.97 Å². The van der Waals surface area contributed by atoms with Gasteiger partial charge in [0.25, 0.3) is 10.0 Å². The molecule has 0 radical (unpaired) electrons. The molecule has 0 atom stereocenters. The maximum atomic E-state index is 14.4. The van der Waals surface area contributed by atoms with Gasteiger partial charge in [-0.1, -0.05) is 47.6 Å². The largest absolute Gasteiger partial charge is 0.325 e. The van der Waals surface area contributed by atoms with E-state index >= 15 is 0 Å². The first-order chi connectivity index (χ1) is 18.1. The standard InChI is InChI=1S/C26H19ClF2N4O3S2/c1-15-6-8-18(28)11-21(15)31-24(34)14-37-26-30-12-23-25(32-26)19-10-17(27)7-9-22(19)33(38(23,35)36)13-16-4-2-3-5-20(16)29/h2-12H,13-14H2,1H3,(H,31,34). The lowest BCUT2D eigenvalue weighted by Crippen LogP contribution is -2.34. The third-order valence-corrected chi connectivity index (χ3v) is 8.72. The van der Waals surface area contributed by atoms with Crippen LogP contribution in [0.5, 0.6) is 0 Å². The lowest BCUT2D eigenvalue weighted by molar-refractivity contribution is -0.113. The van der Waals surface area contributed by atoms with Crippen molar-refractivity contribution in [3.63, 3.8) is 0 Å². The highest BCUT2D eigenvalue weighted by molar-refractivity contribution is 7.99. The first kappa shape index (κ1) is 26.1. The summed E-state index contributed by atoms with van der Waals surface area (Å²) in [6.07, 6.45) is 1.17. The Kier molecular flexibility index (Phi) is 7.08. The van der Waals surface area contributed by atoms with Gasteiger partial charge in [0.1, 0.15) is 16.5 Å². The first-order valence-electron chi connectivity index (χ1n) is 11.3. The molecule has 1 N–H and O–H groups in total. The van der Waals surface area contributed by atoms with Crippen molar-refractivity contribution in [1.29, 1.82) is 0 Å². The topological polar surface area (TPSA) is 92.3 Å². The third-order valence-electron chi connectivity index (χ3n) is 5.86. The summed E-state index contributed by atoms with van der Waals surface area (Å²) in [6.45, 7) is 1.51. The van der Waals surface area contributed by atoms with Gasteiger partial charge >= 0.3 is 0 Å². The number of hydrogen-bond acceptors (Lipinski definition) is 6. The van der Waals surface area contributed by atoms with Gasteiger partial charge < -0.3 is 5.32 Å². The van der Waals surface area contributed by atoms with Crippen molar-refractivity contribution in [3.8, 4) is 11.3 Å². The van der Waals surface area contributed by atoms with E-state index in [1.807, 2.05) is 0 Å². The van der Waals surface area contributed by atoms with Gasteiger partial charge in [0.05, 0.1) is 29.9 Å². The molecular formula is C26H19ClF2N4O3S2. The molecule has 4 aromatic rings. The van der Waals surface area contributed by atoms with Gasteiger partial charge in [-0.3, -0.25) is 9.10 Å². The van der Waals surface area contributed by atoms with Crippen LogP contribution >= 0.6 is 23.4 Å².